The molecule has 0 aliphatic heterocycles. The lowest BCUT2D eigenvalue weighted by atomic mass is 9.75. The van der Waals surface area contributed by atoms with E-state index in [1.807, 2.05) is 18.4 Å². The van der Waals surface area contributed by atoms with Gasteiger partial charge in [-0.05, 0) is 47.8 Å². The first-order chi connectivity index (χ1) is 6.70. The third-order valence-electron chi connectivity index (χ3n) is 2.89. The Morgan fingerprint density at radius 2 is 2.36 bits per heavy atom. The van der Waals surface area contributed by atoms with Gasteiger partial charge in [-0.25, -0.2) is 0 Å². The van der Waals surface area contributed by atoms with Crippen LogP contribution in [0.25, 0.3) is 0 Å². The number of nitrogens with one attached hydrogen (secondary N) is 1. The topological polar surface area (TPSA) is 38.0 Å². The molecule has 0 aromatic carbocycles. The molecule has 78 valence electrons. The summed E-state index contributed by atoms with van der Waals surface area (Å²) in [6.45, 7) is 0. The Bertz CT molecular complexity index is 307. The SMILES string of the molecule is CNC(c1cc(Br)cs1)C1CC(N)C1. The summed E-state index contributed by atoms with van der Waals surface area (Å²) < 4.78 is 1.18. The number of rotatable bonds is 3. The Balaban J connectivity index is 2.06. The van der Waals surface area contributed by atoms with E-state index in [2.05, 4.69) is 32.7 Å². The normalized spacial score (nSPS) is 28.5. The fraction of sp³-hybridized carbons (Fsp3) is 0.600. The first-order valence-corrected chi connectivity index (χ1v) is 6.54. The standard InChI is InChI=1S/C10H15BrN2S/c1-13-10(6-2-8(12)3-6)9-4-7(11)5-14-9/h4-6,8,10,13H,2-3,12H2,1H3. The van der Waals surface area contributed by atoms with E-state index in [1.165, 1.54) is 9.35 Å². The molecule has 4 heteroatoms. The van der Waals surface area contributed by atoms with Crippen molar-refractivity contribution < 1.29 is 0 Å². The monoisotopic (exact) mass is 274 g/mol. The molecule has 1 aromatic heterocycles. The number of nitrogens with two attached hydrogens (primary N) is 1. The number of thiophene rings is 1. The summed E-state index contributed by atoms with van der Waals surface area (Å²) in [5.41, 5.74) is 5.81. The quantitative estimate of drug-likeness (QED) is 0.889. The van der Waals surface area contributed by atoms with Crippen molar-refractivity contribution in [2.24, 2.45) is 11.7 Å². The second-order valence-electron chi connectivity index (χ2n) is 3.93. The zero-order valence-corrected chi connectivity index (χ0v) is 10.6. The lowest BCUT2D eigenvalue weighted by Gasteiger charge is -2.38. The van der Waals surface area contributed by atoms with E-state index in [4.69, 9.17) is 5.73 Å². The van der Waals surface area contributed by atoms with Gasteiger partial charge in [0.05, 0.1) is 0 Å². The van der Waals surface area contributed by atoms with Crippen LogP contribution >= 0.6 is 27.3 Å². The predicted molar refractivity (Wildman–Crippen MR) is 64.5 cm³/mol. The molecule has 1 heterocycles. The molecule has 1 aliphatic rings. The summed E-state index contributed by atoms with van der Waals surface area (Å²) in [7, 11) is 2.03. The highest BCUT2D eigenvalue weighted by atomic mass is 79.9. The van der Waals surface area contributed by atoms with Gasteiger partial charge in [-0.3, -0.25) is 0 Å². The zero-order valence-electron chi connectivity index (χ0n) is 8.16. The molecule has 0 spiro atoms. The molecule has 3 N–H and O–H groups in total. The van der Waals surface area contributed by atoms with Crippen LogP contribution < -0.4 is 11.1 Å². The van der Waals surface area contributed by atoms with E-state index in [0.29, 0.717) is 12.1 Å². The summed E-state index contributed by atoms with van der Waals surface area (Å²) in [6.07, 6.45) is 2.31. The van der Waals surface area contributed by atoms with Crippen molar-refractivity contribution >= 4 is 27.3 Å². The van der Waals surface area contributed by atoms with Gasteiger partial charge in [0.15, 0.2) is 0 Å². The average Bonchev–Trinajstić information content (AvgIpc) is 2.50. The maximum Gasteiger partial charge on any atom is 0.0442 e. The molecule has 14 heavy (non-hydrogen) atoms. The van der Waals surface area contributed by atoms with Gasteiger partial charge in [-0.1, -0.05) is 0 Å². The Kier molecular flexibility index (Phi) is 3.27. The second-order valence-corrected chi connectivity index (χ2v) is 5.78. The van der Waals surface area contributed by atoms with Crippen molar-refractivity contribution in [1.82, 2.24) is 5.32 Å². The van der Waals surface area contributed by atoms with E-state index in [1.54, 1.807) is 0 Å². The van der Waals surface area contributed by atoms with Gasteiger partial charge in [-0.2, -0.15) is 0 Å². The molecule has 1 atom stereocenters. The maximum atomic E-state index is 5.81. The molecule has 1 unspecified atom stereocenters. The fourth-order valence-corrected chi connectivity index (χ4v) is 3.73. The highest BCUT2D eigenvalue weighted by Gasteiger charge is 2.33. The smallest absolute Gasteiger partial charge is 0.0442 e. The Morgan fingerprint density at radius 3 is 2.79 bits per heavy atom. The van der Waals surface area contributed by atoms with E-state index in [0.717, 1.165) is 18.8 Å². The van der Waals surface area contributed by atoms with Gasteiger partial charge < -0.3 is 11.1 Å². The van der Waals surface area contributed by atoms with Gasteiger partial charge in [0.2, 0.25) is 0 Å². The van der Waals surface area contributed by atoms with Gasteiger partial charge in [0.1, 0.15) is 0 Å². The van der Waals surface area contributed by atoms with Crippen molar-refractivity contribution in [3.8, 4) is 0 Å². The largest absolute Gasteiger partial charge is 0.328 e. The third kappa shape index (κ3) is 2.03. The summed E-state index contributed by atoms with van der Waals surface area (Å²) >= 11 is 5.30. The highest BCUT2D eigenvalue weighted by molar-refractivity contribution is 9.10. The molecule has 0 saturated heterocycles. The molecule has 1 aliphatic carbocycles. The fourth-order valence-electron chi connectivity index (χ4n) is 2.08. The van der Waals surface area contributed by atoms with Gasteiger partial charge in [0.25, 0.3) is 0 Å². The van der Waals surface area contributed by atoms with Crippen LogP contribution in [0.4, 0.5) is 0 Å². The molecule has 1 aromatic rings. The van der Waals surface area contributed by atoms with Crippen molar-refractivity contribution in [2.75, 3.05) is 7.05 Å². The Hall–Kier alpha value is 0.1000. The minimum Gasteiger partial charge on any atom is -0.328 e. The molecule has 0 bridgehead atoms. The maximum absolute atomic E-state index is 5.81. The van der Waals surface area contributed by atoms with Crippen molar-refractivity contribution in [1.29, 1.82) is 0 Å². The van der Waals surface area contributed by atoms with Crippen molar-refractivity contribution in [3.63, 3.8) is 0 Å². The minimum atomic E-state index is 0.430. The van der Waals surface area contributed by atoms with Crippen LogP contribution in [0.5, 0.6) is 0 Å². The molecular weight excluding hydrogens is 260 g/mol. The molecule has 1 saturated carbocycles. The second kappa shape index (κ2) is 4.31. The molecule has 0 radical (unpaired) electrons. The molecule has 0 amide bonds. The predicted octanol–water partition coefficient (Wildman–Crippen LogP) is 2.51. The van der Waals surface area contributed by atoms with Crippen LogP contribution in [0, 0.1) is 5.92 Å². The van der Waals surface area contributed by atoms with Crippen LogP contribution in [0.1, 0.15) is 23.8 Å². The average molecular weight is 275 g/mol. The van der Waals surface area contributed by atoms with E-state index >= 15 is 0 Å². The molecule has 1 fully saturated rings. The Morgan fingerprint density at radius 1 is 1.64 bits per heavy atom. The van der Waals surface area contributed by atoms with Gasteiger partial charge >= 0.3 is 0 Å². The van der Waals surface area contributed by atoms with Crippen molar-refractivity contribution in [2.45, 2.75) is 24.9 Å². The van der Waals surface area contributed by atoms with E-state index in [-0.39, 0.29) is 0 Å². The summed E-state index contributed by atoms with van der Waals surface area (Å²) in [4.78, 5) is 1.41. The van der Waals surface area contributed by atoms with Crippen LogP contribution in [0.2, 0.25) is 0 Å². The van der Waals surface area contributed by atoms with Crippen molar-refractivity contribution in [3.05, 3.63) is 20.8 Å². The van der Waals surface area contributed by atoms with Crippen LogP contribution in [-0.2, 0) is 0 Å². The minimum absolute atomic E-state index is 0.430. The molecule has 2 nitrogen and oxygen atoms in total. The first kappa shape index (κ1) is 10.6. The van der Waals surface area contributed by atoms with E-state index in [9.17, 15) is 0 Å². The summed E-state index contributed by atoms with van der Waals surface area (Å²) in [5, 5.41) is 5.53. The lowest BCUT2D eigenvalue weighted by Crippen LogP contribution is -2.42. The highest BCUT2D eigenvalue weighted by Crippen LogP contribution is 2.39. The third-order valence-corrected chi connectivity index (χ3v) is 4.66. The zero-order chi connectivity index (χ0) is 10.1. The molecule has 2 rings (SSSR count). The number of halogens is 1. The number of hydrogen-bond donors (Lipinski definition) is 2. The Labute approximate surface area is 97.0 Å². The summed E-state index contributed by atoms with van der Waals surface area (Å²) in [6, 6.07) is 3.13. The van der Waals surface area contributed by atoms with Crippen LogP contribution in [-0.4, -0.2) is 13.1 Å². The first-order valence-electron chi connectivity index (χ1n) is 4.87. The number of hydrogen-bond acceptors (Lipinski definition) is 3. The van der Waals surface area contributed by atoms with Crippen LogP contribution in [0.3, 0.4) is 0 Å². The molecular formula is C10H15BrN2S. The lowest BCUT2D eigenvalue weighted by molar-refractivity contribution is 0.206. The van der Waals surface area contributed by atoms with E-state index < -0.39 is 0 Å². The van der Waals surface area contributed by atoms with Gasteiger partial charge in [0, 0.05) is 26.8 Å². The summed E-state index contributed by atoms with van der Waals surface area (Å²) in [5.74, 6) is 0.723. The van der Waals surface area contributed by atoms with Gasteiger partial charge in [-0.15, -0.1) is 11.3 Å². The van der Waals surface area contributed by atoms with Crippen LogP contribution in [0.15, 0.2) is 15.9 Å².